The molecule has 0 amide bonds. The molecule has 3 aromatic rings. The van der Waals surface area contributed by atoms with Gasteiger partial charge in [-0.1, -0.05) is 18.2 Å². The van der Waals surface area contributed by atoms with Crippen LogP contribution in [0, 0.1) is 0 Å². The summed E-state index contributed by atoms with van der Waals surface area (Å²) in [7, 11) is 0. The molecule has 0 radical (unpaired) electrons. The minimum Gasteiger partial charge on any atom is -0.490 e. The molecule has 3 rings (SSSR count). The molecule has 0 bridgehead atoms. The number of hydrogen-bond donors (Lipinski definition) is 0. The third-order valence-corrected chi connectivity index (χ3v) is 3.47. The van der Waals surface area contributed by atoms with Crippen LogP contribution in [0.5, 0.6) is 11.6 Å². The highest BCUT2D eigenvalue weighted by atomic mass is 32.1. The Bertz CT molecular complexity index is 706. The van der Waals surface area contributed by atoms with Gasteiger partial charge in [-0.3, -0.25) is 9.20 Å². The molecule has 0 atom stereocenters. The average Bonchev–Trinajstić information content (AvgIpc) is 3.05. The molecule has 2 heterocycles. The number of hydrogen-bond acceptors (Lipinski definition) is 5. The van der Waals surface area contributed by atoms with E-state index in [0.29, 0.717) is 24.8 Å². The lowest BCUT2D eigenvalue weighted by atomic mass is 10.3. The van der Waals surface area contributed by atoms with Crippen molar-refractivity contribution in [2.45, 2.75) is 0 Å². The van der Waals surface area contributed by atoms with Crippen LogP contribution in [0.3, 0.4) is 0 Å². The number of para-hydroxylation sites is 1. The highest BCUT2D eigenvalue weighted by Gasteiger charge is 2.13. The maximum Gasteiger partial charge on any atom is 0.244 e. The molecule has 5 nitrogen and oxygen atoms in total. The van der Waals surface area contributed by atoms with Crippen LogP contribution in [-0.2, 0) is 0 Å². The fraction of sp³-hybridized carbons (Fsp3) is 0.143. The Morgan fingerprint density at radius 2 is 2.00 bits per heavy atom. The number of aldehydes is 1. The van der Waals surface area contributed by atoms with Gasteiger partial charge < -0.3 is 9.47 Å². The second kappa shape index (κ2) is 5.75. The smallest absolute Gasteiger partial charge is 0.244 e. The zero-order valence-electron chi connectivity index (χ0n) is 10.6. The number of carbonyl (C=O) groups excluding carboxylic acids is 1. The highest BCUT2D eigenvalue weighted by molar-refractivity contribution is 7.15. The summed E-state index contributed by atoms with van der Waals surface area (Å²) in [5, 5.41) is 1.87. The molecule has 0 aliphatic carbocycles. The highest BCUT2D eigenvalue weighted by Crippen LogP contribution is 2.21. The van der Waals surface area contributed by atoms with Gasteiger partial charge in [0.1, 0.15) is 19.0 Å². The summed E-state index contributed by atoms with van der Waals surface area (Å²) < 4.78 is 12.7. The van der Waals surface area contributed by atoms with Gasteiger partial charge >= 0.3 is 0 Å². The third kappa shape index (κ3) is 2.50. The van der Waals surface area contributed by atoms with E-state index in [0.717, 1.165) is 17.0 Å². The van der Waals surface area contributed by atoms with Crippen molar-refractivity contribution in [1.29, 1.82) is 0 Å². The van der Waals surface area contributed by atoms with Gasteiger partial charge in [-0.2, -0.15) is 4.98 Å². The van der Waals surface area contributed by atoms with Crippen LogP contribution in [0.2, 0.25) is 0 Å². The molecular formula is C14H12N2O3S. The summed E-state index contributed by atoms with van der Waals surface area (Å²) in [4.78, 5) is 16.1. The zero-order valence-corrected chi connectivity index (χ0v) is 11.4. The van der Waals surface area contributed by atoms with Crippen molar-refractivity contribution in [2.75, 3.05) is 13.2 Å². The Balaban J connectivity index is 1.60. The predicted octanol–water partition coefficient (Wildman–Crippen LogP) is 2.67. The maximum absolute atomic E-state index is 11.1. The van der Waals surface area contributed by atoms with Crippen molar-refractivity contribution >= 4 is 22.6 Å². The summed E-state index contributed by atoms with van der Waals surface area (Å²) >= 11 is 1.46. The lowest BCUT2D eigenvalue weighted by Crippen LogP contribution is -2.10. The lowest BCUT2D eigenvalue weighted by Gasteiger charge is -2.06. The van der Waals surface area contributed by atoms with E-state index < -0.39 is 0 Å². The molecule has 0 saturated carbocycles. The molecule has 0 aliphatic rings. The molecule has 1 aromatic carbocycles. The normalized spacial score (nSPS) is 10.6. The maximum atomic E-state index is 11.1. The number of carbonyl (C=O) groups is 1. The monoisotopic (exact) mass is 288 g/mol. The topological polar surface area (TPSA) is 52.8 Å². The first-order valence-electron chi connectivity index (χ1n) is 6.10. The third-order valence-electron chi connectivity index (χ3n) is 2.71. The van der Waals surface area contributed by atoms with Gasteiger partial charge in [0, 0.05) is 11.6 Å². The average molecular weight is 288 g/mol. The standard InChI is InChI=1S/C14H12N2O3S/c17-10-12-13(15-14-16(12)6-9-20-14)19-8-7-18-11-4-2-1-3-5-11/h1-6,9-10H,7-8H2. The van der Waals surface area contributed by atoms with Gasteiger partial charge in [0.05, 0.1) is 0 Å². The van der Waals surface area contributed by atoms with E-state index in [2.05, 4.69) is 4.98 Å². The fourth-order valence-corrected chi connectivity index (χ4v) is 2.52. The van der Waals surface area contributed by atoms with Crippen molar-refractivity contribution in [3.05, 3.63) is 47.6 Å². The number of rotatable bonds is 6. The molecule has 0 aliphatic heterocycles. The number of thiazole rings is 1. The Hall–Kier alpha value is -2.34. The Labute approximate surface area is 119 Å². The summed E-state index contributed by atoms with van der Waals surface area (Å²) in [5.41, 5.74) is 0.431. The zero-order chi connectivity index (χ0) is 13.8. The van der Waals surface area contributed by atoms with Gasteiger partial charge in [0.15, 0.2) is 16.9 Å². The number of ether oxygens (including phenoxy) is 2. The molecule has 0 N–H and O–H groups in total. The van der Waals surface area contributed by atoms with Crippen LogP contribution in [0.25, 0.3) is 4.96 Å². The first-order valence-corrected chi connectivity index (χ1v) is 6.98. The van der Waals surface area contributed by atoms with E-state index in [-0.39, 0.29) is 0 Å². The molecule has 0 fully saturated rings. The van der Waals surface area contributed by atoms with E-state index >= 15 is 0 Å². The van der Waals surface area contributed by atoms with Crippen LogP contribution >= 0.6 is 11.3 Å². The molecule has 0 spiro atoms. The minimum atomic E-state index is 0.334. The minimum absolute atomic E-state index is 0.334. The van der Waals surface area contributed by atoms with Crippen LogP contribution in [0.15, 0.2) is 41.9 Å². The van der Waals surface area contributed by atoms with Gasteiger partial charge in [0.25, 0.3) is 0 Å². The number of aromatic nitrogens is 2. The molecule has 2 aromatic heterocycles. The van der Waals surface area contributed by atoms with Crippen molar-refractivity contribution in [1.82, 2.24) is 9.38 Å². The van der Waals surface area contributed by atoms with Gasteiger partial charge in [-0.15, -0.1) is 11.3 Å². The van der Waals surface area contributed by atoms with Crippen molar-refractivity contribution in [3.63, 3.8) is 0 Å². The van der Waals surface area contributed by atoms with Crippen molar-refractivity contribution < 1.29 is 14.3 Å². The molecule has 102 valence electrons. The van der Waals surface area contributed by atoms with Crippen LogP contribution < -0.4 is 9.47 Å². The molecule has 0 unspecified atom stereocenters. The molecule has 0 saturated heterocycles. The summed E-state index contributed by atoms with van der Waals surface area (Å²) in [5.74, 6) is 1.14. The van der Waals surface area contributed by atoms with E-state index in [9.17, 15) is 4.79 Å². The fourth-order valence-electron chi connectivity index (χ4n) is 1.81. The summed E-state index contributed by atoms with van der Waals surface area (Å²) in [6, 6.07) is 9.50. The van der Waals surface area contributed by atoms with E-state index in [4.69, 9.17) is 9.47 Å². The van der Waals surface area contributed by atoms with Crippen LogP contribution in [-0.4, -0.2) is 28.9 Å². The van der Waals surface area contributed by atoms with Crippen molar-refractivity contribution in [2.24, 2.45) is 0 Å². The molecule has 20 heavy (non-hydrogen) atoms. The van der Waals surface area contributed by atoms with Crippen LogP contribution in [0.1, 0.15) is 10.5 Å². The lowest BCUT2D eigenvalue weighted by molar-refractivity contribution is 0.111. The number of imidazole rings is 1. The summed E-state index contributed by atoms with van der Waals surface area (Å²) in [6.45, 7) is 0.730. The van der Waals surface area contributed by atoms with Crippen LogP contribution in [0.4, 0.5) is 0 Å². The number of fused-ring (bicyclic) bond motifs is 1. The summed E-state index contributed by atoms with van der Waals surface area (Å²) in [6.07, 6.45) is 2.55. The first kappa shape index (κ1) is 12.7. The van der Waals surface area contributed by atoms with Gasteiger partial charge in [0.2, 0.25) is 5.88 Å². The number of benzene rings is 1. The van der Waals surface area contributed by atoms with Gasteiger partial charge in [-0.05, 0) is 12.1 Å². The quantitative estimate of drug-likeness (QED) is 0.517. The first-order chi connectivity index (χ1) is 9.88. The predicted molar refractivity (Wildman–Crippen MR) is 75.9 cm³/mol. The van der Waals surface area contributed by atoms with E-state index in [1.54, 1.807) is 10.6 Å². The van der Waals surface area contributed by atoms with E-state index in [1.807, 2.05) is 35.7 Å². The number of nitrogens with zero attached hydrogens (tertiary/aromatic N) is 2. The second-order valence-electron chi connectivity index (χ2n) is 3.99. The second-order valence-corrected chi connectivity index (χ2v) is 4.86. The largest absolute Gasteiger partial charge is 0.490 e. The van der Waals surface area contributed by atoms with Gasteiger partial charge in [-0.25, -0.2) is 0 Å². The Morgan fingerprint density at radius 3 is 2.80 bits per heavy atom. The van der Waals surface area contributed by atoms with E-state index in [1.165, 1.54) is 11.3 Å². The Kier molecular flexibility index (Phi) is 3.64. The Morgan fingerprint density at radius 1 is 1.20 bits per heavy atom. The molecular weight excluding hydrogens is 276 g/mol. The SMILES string of the molecule is O=Cc1c(OCCOc2ccccc2)nc2sccn12. The molecule has 6 heteroatoms. The van der Waals surface area contributed by atoms with Crippen molar-refractivity contribution in [3.8, 4) is 11.6 Å².